The van der Waals surface area contributed by atoms with Crippen molar-refractivity contribution < 1.29 is 0 Å². The van der Waals surface area contributed by atoms with Crippen LogP contribution in [0.25, 0.3) is 157 Å². The molecule has 0 unspecified atom stereocenters. The van der Waals surface area contributed by atoms with E-state index in [1.54, 1.807) is 0 Å². The lowest BCUT2D eigenvalue weighted by atomic mass is 9.90. The van der Waals surface area contributed by atoms with Crippen LogP contribution < -0.4 is 0 Å². The van der Waals surface area contributed by atoms with Crippen LogP contribution >= 0.6 is 0 Å². The predicted molar refractivity (Wildman–Crippen MR) is 271 cm³/mol. The molecular formula is C62H33N. The van der Waals surface area contributed by atoms with E-state index in [9.17, 15) is 0 Å². The molecule has 16 aromatic rings. The van der Waals surface area contributed by atoms with Crippen molar-refractivity contribution in [2.45, 2.75) is 0 Å². The molecular weight excluding hydrogens is 759 g/mol. The van der Waals surface area contributed by atoms with Crippen LogP contribution in [0.1, 0.15) is 0 Å². The summed E-state index contributed by atoms with van der Waals surface area (Å²) in [6.45, 7) is 0. The molecule has 15 aromatic carbocycles. The number of nitrogens with zero attached hydrogens (tertiary/aromatic N) is 1. The lowest BCUT2D eigenvalue weighted by Gasteiger charge is -2.16. The third-order valence-corrected chi connectivity index (χ3v) is 14.8. The second-order valence-corrected chi connectivity index (χ2v) is 18.1. The fraction of sp³-hybridized carbons (Fsp3) is 0. The van der Waals surface area contributed by atoms with Crippen LogP contribution in [-0.2, 0) is 0 Å². The van der Waals surface area contributed by atoms with Crippen molar-refractivity contribution in [1.29, 1.82) is 0 Å². The van der Waals surface area contributed by atoms with Gasteiger partial charge in [0.05, 0.1) is 11.0 Å². The minimum atomic E-state index is 1.18. The van der Waals surface area contributed by atoms with Gasteiger partial charge < -0.3 is 4.57 Å². The van der Waals surface area contributed by atoms with Crippen molar-refractivity contribution in [2.24, 2.45) is 0 Å². The van der Waals surface area contributed by atoms with Gasteiger partial charge in [0, 0.05) is 16.5 Å². The van der Waals surface area contributed by atoms with Gasteiger partial charge in [0.1, 0.15) is 0 Å². The zero-order valence-electron chi connectivity index (χ0n) is 34.0. The van der Waals surface area contributed by atoms with E-state index in [-0.39, 0.29) is 0 Å². The van der Waals surface area contributed by atoms with Gasteiger partial charge in [0.15, 0.2) is 0 Å². The van der Waals surface area contributed by atoms with Crippen molar-refractivity contribution in [2.75, 3.05) is 0 Å². The number of hydrogen-bond acceptors (Lipinski definition) is 0. The Kier molecular flexibility index (Phi) is 5.86. The average molecular weight is 792 g/mol. The SMILES string of the molecule is c1cc2ccc3cc(-c4cc5ccc6cc(-c7cc8ccc9cccc%10ccc(c7)c8c9%10)cc7c6c5c(c4)n7-c4cc5ccc6cccc7ccc(c4)c5c67)cc4ccc(c1)c2c34. The summed E-state index contributed by atoms with van der Waals surface area (Å²) in [6.07, 6.45) is 0. The molecule has 0 aliphatic carbocycles. The monoisotopic (exact) mass is 791 g/mol. The first-order valence-electron chi connectivity index (χ1n) is 22.1. The Labute approximate surface area is 360 Å². The van der Waals surface area contributed by atoms with E-state index in [1.807, 2.05) is 0 Å². The summed E-state index contributed by atoms with van der Waals surface area (Å²) in [4.78, 5) is 0. The zero-order chi connectivity index (χ0) is 40.7. The van der Waals surface area contributed by atoms with Crippen molar-refractivity contribution in [3.63, 3.8) is 0 Å². The Morgan fingerprint density at radius 3 is 0.714 bits per heavy atom. The first-order chi connectivity index (χ1) is 31.2. The second-order valence-electron chi connectivity index (χ2n) is 18.1. The summed E-state index contributed by atoms with van der Waals surface area (Å²) in [5.41, 5.74) is 8.57. The Bertz CT molecular complexity index is 4190. The van der Waals surface area contributed by atoms with Crippen LogP contribution in [-0.4, -0.2) is 4.57 Å². The molecule has 0 saturated carbocycles. The van der Waals surface area contributed by atoms with Gasteiger partial charge in [-0.3, -0.25) is 0 Å². The van der Waals surface area contributed by atoms with Crippen LogP contribution in [0.4, 0.5) is 0 Å². The average Bonchev–Trinajstić information content (AvgIpc) is 3.67. The highest BCUT2D eigenvalue weighted by atomic mass is 15.0. The first-order valence-corrected chi connectivity index (χ1v) is 22.1. The van der Waals surface area contributed by atoms with E-state index in [4.69, 9.17) is 0 Å². The van der Waals surface area contributed by atoms with Crippen LogP contribution in [0.15, 0.2) is 200 Å². The molecule has 1 heterocycles. The van der Waals surface area contributed by atoms with Gasteiger partial charge in [0.2, 0.25) is 0 Å². The van der Waals surface area contributed by atoms with Crippen LogP contribution in [0.3, 0.4) is 0 Å². The highest BCUT2D eigenvalue weighted by molar-refractivity contribution is 6.29. The minimum Gasteiger partial charge on any atom is -0.309 e. The molecule has 0 bridgehead atoms. The lowest BCUT2D eigenvalue weighted by Crippen LogP contribution is -1.96. The minimum absolute atomic E-state index is 1.18. The normalized spacial score (nSPS) is 12.8. The molecule has 0 N–H and O–H groups in total. The van der Waals surface area contributed by atoms with E-state index in [0.717, 1.165) is 0 Å². The van der Waals surface area contributed by atoms with Crippen LogP contribution in [0.5, 0.6) is 0 Å². The molecule has 0 atom stereocenters. The van der Waals surface area contributed by atoms with Gasteiger partial charge in [-0.2, -0.15) is 0 Å². The molecule has 16 rings (SSSR count). The van der Waals surface area contributed by atoms with Gasteiger partial charge in [-0.05, 0) is 191 Å². The van der Waals surface area contributed by atoms with Crippen LogP contribution in [0.2, 0.25) is 0 Å². The lowest BCUT2D eigenvalue weighted by molar-refractivity contribution is 1.19. The van der Waals surface area contributed by atoms with E-state index in [0.29, 0.717) is 0 Å². The number of aromatic nitrogens is 1. The Morgan fingerprint density at radius 1 is 0.190 bits per heavy atom. The maximum Gasteiger partial charge on any atom is 0.0553 e. The standard InChI is InChI=1S/C62H33N/c1-4-34-10-16-40-24-48(25-41-17-11-35(5-1)55(34)58(40)41)50-28-44-22-23-45-29-51(49-26-42-18-12-36-6-2-7-37-13-19-43(27-49)59(42)56(36)37)33-54-62(45)61(44)53(32-50)63(54)52-30-46-20-14-38-8-3-9-39-15-21-47(31-52)60(46)57(38)39/h1-33H. The summed E-state index contributed by atoms with van der Waals surface area (Å²) in [7, 11) is 0. The van der Waals surface area contributed by atoms with Crippen molar-refractivity contribution >= 4 is 130 Å². The van der Waals surface area contributed by atoms with Gasteiger partial charge in [-0.25, -0.2) is 0 Å². The van der Waals surface area contributed by atoms with Crippen molar-refractivity contribution in [3.8, 4) is 27.9 Å². The zero-order valence-corrected chi connectivity index (χ0v) is 34.0. The molecule has 0 aliphatic heterocycles. The summed E-state index contributed by atoms with van der Waals surface area (Å²) in [5.74, 6) is 0. The largest absolute Gasteiger partial charge is 0.309 e. The maximum absolute atomic E-state index is 2.57. The summed E-state index contributed by atoms with van der Waals surface area (Å²) in [6, 6.07) is 76.5. The smallest absolute Gasteiger partial charge is 0.0553 e. The number of benzene rings is 15. The van der Waals surface area contributed by atoms with E-state index in [1.165, 1.54) is 157 Å². The molecule has 0 fully saturated rings. The molecule has 63 heavy (non-hydrogen) atoms. The molecule has 286 valence electrons. The number of rotatable bonds is 3. The highest BCUT2D eigenvalue weighted by Crippen LogP contribution is 2.47. The highest BCUT2D eigenvalue weighted by Gasteiger charge is 2.22. The van der Waals surface area contributed by atoms with E-state index in [2.05, 4.69) is 205 Å². The second kappa shape index (κ2) is 11.4. The Morgan fingerprint density at radius 2 is 0.413 bits per heavy atom. The fourth-order valence-corrected chi connectivity index (χ4v) is 12.1. The molecule has 0 saturated heterocycles. The van der Waals surface area contributed by atoms with Crippen molar-refractivity contribution in [1.82, 2.24) is 4.57 Å². The quantitative estimate of drug-likeness (QED) is 0.157. The molecule has 1 aromatic heterocycles. The molecule has 0 aliphatic rings. The van der Waals surface area contributed by atoms with Gasteiger partial charge in [-0.1, -0.05) is 140 Å². The summed E-state index contributed by atoms with van der Waals surface area (Å²) < 4.78 is 2.57. The third-order valence-electron chi connectivity index (χ3n) is 14.8. The van der Waals surface area contributed by atoms with Gasteiger partial charge in [-0.15, -0.1) is 0 Å². The van der Waals surface area contributed by atoms with Crippen molar-refractivity contribution in [3.05, 3.63) is 200 Å². The van der Waals surface area contributed by atoms with E-state index < -0.39 is 0 Å². The molecule has 0 amide bonds. The maximum atomic E-state index is 2.57. The predicted octanol–water partition coefficient (Wildman–Crippen LogP) is 17.4. The fourth-order valence-electron chi connectivity index (χ4n) is 12.1. The Balaban J connectivity index is 0.996. The van der Waals surface area contributed by atoms with Gasteiger partial charge in [0.25, 0.3) is 0 Å². The summed E-state index contributed by atoms with van der Waals surface area (Å²) in [5, 5.41) is 28.7. The number of hydrogen-bond donors (Lipinski definition) is 0. The first kappa shape index (κ1) is 32.5. The molecule has 1 heteroatoms. The van der Waals surface area contributed by atoms with Crippen LogP contribution in [0, 0.1) is 0 Å². The Hall–Kier alpha value is -8.26. The van der Waals surface area contributed by atoms with Gasteiger partial charge >= 0.3 is 0 Å². The topological polar surface area (TPSA) is 4.93 Å². The summed E-state index contributed by atoms with van der Waals surface area (Å²) >= 11 is 0. The molecule has 1 nitrogen and oxygen atoms in total. The molecule has 0 spiro atoms. The van der Waals surface area contributed by atoms with E-state index >= 15 is 0 Å². The third kappa shape index (κ3) is 4.22. The molecule has 0 radical (unpaired) electrons.